The number of hydrazine groups is 1. The maximum Gasteiger partial charge on any atom is 0.203 e. The fourth-order valence-electron chi connectivity index (χ4n) is 2.68. The van der Waals surface area contributed by atoms with Crippen LogP contribution in [0.15, 0.2) is 30.1 Å². The molecule has 2 aromatic rings. The highest BCUT2D eigenvalue weighted by Gasteiger charge is 2.17. The van der Waals surface area contributed by atoms with Gasteiger partial charge in [0.25, 0.3) is 0 Å². The Morgan fingerprint density at radius 2 is 2.19 bits per heavy atom. The summed E-state index contributed by atoms with van der Waals surface area (Å²) < 4.78 is 3.97. The molecule has 1 heterocycles. The Labute approximate surface area is 128 Å². The first-order valence-corrected chi connectivity index (χ1v) is 7.52. The first-order chi connectivity index (χ1) is 10.1. The van der Waals surface area contributed by atoms with Crippen LogP contribution in [0.4, 0.5) is 5.69 Å². The summed E-state index contributed by atoms with van der Waals surface area (Å²) in [5.74, 6) is 0.225. The summed E-state index contributed by atoms with van der Waals surface area (Å²) in [6.45, 7) is 0. The van der Waals surface area contributed by atoms with E-state index in [-0.39, 0.29) is 11.1 Å². The molecule has 0 aliphatic heterocycles. The van der Waals surface area contributed by atoms with Gasteiger partial charge in [0.1, 0.15) is 17.0 Å². The van der Waals surface area contributed by atoms with E-state index in [0.29, 0.717) is 5.69 Å². The summed E-state index contributed by atoms with van der Waals surface area (Å²) >= 11 is 6.09. The van der Waals surface area contributed by atoms with Crippen molar-refractivity contribution in [3.05, 3.63) is 30.1 Å². The standard InChI is InChI=1S/C15H19ClN4O/c1-19-9-10-3-8-13(21)14(15(10)20(19)2)18-17-12-6-4-11(16)5-7-12/h3,6,8-9,11,17-18H,4-5,7H2,1-2H3/p+1. The average Bonchev–Trinajstić information content (AvgIpc) is 2.76. The second-order valence-corrected chi connectivity index (χ2v) is 6.09. The molecule has 6 heteroatoms. The number of rotatable bonds is 3. The van der Waals surface area contributed by atoms with E-state index in [1.54, 1.807) is 6.07 Å². The molecule has 0 saturated carbocycles. The van der Waals surface area contributed by atoms with Gasteiger partial charge in [-0.05, 0) is 31.4 Å². The highest BCUT2D eigenvalue weighted by atomic mass is 35.5. The van der Waals surface area contributed by atoms with Gasteiger partial charge in [-0.2, -0.15) is 4.68 Å². The van der Waals surface area contributed by atoms with Crippen LogP contribution in [0, 0.1) is 0 Å². The number of nitrogens with one attached hydrogen (secondary N) is 2. The summed E-state index contributed by atoms with van der Waals surface area (Å²) in [5.41, 5.74) is 9.10. The number of aromatic hydroxyl groups is 1. The molecule has 0 fully saturated rings. The van der Waals surface area contributed by atoms with Crippen molar-refractivity contribution < 1.29 is 9.79 Å². The van der Waals surface area contributed by atoms with E-state index in [0.717, 1.165) is 35.9 Å². The van der Waals surface area contributed by atoms with Crippen LogP contribution in [0.5, 0.6) is 5.75 Å². The fourth-order valence-corrected chi connectivity index (χ4v) is 2.87. The van der Waals surface area contributed by atoms with Gasteiger partial charge in [0.05, 0.1) is 12.4 Å². The monoisotopic (exact) mass is 307 g/mol. The van der Waals surface area contributed by atoms with Crippen molar-refractivity contribution in [1.29, 1.82) is 0 Å². The Morgan fingerprint density at radius 3 is 2.90 bits per heavy atom. The van der Waals surface area contributed by atoms with Crippen molar-refractivity contribution in [3.8, 4) is 5.75 Å². The summed E-state index contributed by atoms with van der Waals surface area (Å²) in [4.78, 5) is 0. The SMILES string of the molecule is Cn1c2c(NNC3=CCC(Cl)CC3)c(O)ccc2c[n+]1C. The van der Waals surface area contributed by atoms with Gasteiger partial charge >= 0.3 is 0 Å². The van der Waals surface area contributed by atoms with E-state index in [9.17, 15) is 5.11 Å². The number of benzene rings is 1. The number of nitrogens with zero attached hydrogens (tertiary/aromatic N) is 2. The lowest BCUT2D eigenvalue weighted by Gasteiger charge is -2.20. The van der Waals surface area contributed by atoms with E-state index in [1.165, 1.54) is 0 Å². The lowest BCUT2D eigenvalue weighted by atomic mass is 10.0. The predicted octanol–water partition coefficient (Wildman–Crippen LogP) is 2.30. The quantitative estimate of drug-likeness (QED) is 0.353. The highest BCUT2D eigenvalue weighted by Crippen LogP contribution is 2.31. The normalized spacial score (nSPS) is 18.6. The van der Waals surface area contributed by atoms with Crippen LogP contribution >= 0.6 is 11.6 Å². The Morgan fingerprint density at radius 1 is 1.38 bits per heavy atom. The Hall–Kier alpha value is -1.88. The summed E-state index contributed by atoms with van der Waals surface area (Å²) in [5, 5.41) is 11.5. The third kappa shape index (κ3) is 2.65. The largest absolute Gasteiger partial charge is 0.506 e. The number of phenols is 1. The van der Waals surface area contributed by atoms with Gasteiger partial charge in [0, 0.05) is 11.1 Å². The van der Waals surface area contributed by atoms with Crippen molar-refractivity contribution in [2.75, 3.05) is 5.43 Å². The van der Waals surface area contributed by atoms with Crippen LogP contribution in [-0.2, 0) is 14.1 Å². The van der Waals surface area contributed by atoms with Crippen LogP contribution in [0.2, 0.25) is 0 Å². The van der Waals surface area contributed by atoms with Crippen LogP contribution in [0.3, 0.4) is 0 Å². The number of allylic oxidation sites excluding steroid dienone is 2. The number of alkyl halides is 1. The van der Waals surface area contributed by atoms with Crippen molar-refractivity contribution in [2.24, 2.45) is 14.1 Å². The molecule has 1 aromatic heterocycles. The summed E-state index contributed by atoms with van der Waals surface area (Å²) in [6.07, 6.45) is 6.89. The number of hydrogen-bond donors (Lipinski definition) is 3. The first kappa shape index (κ1) is 14.1. The third-order valence-corrected chi connectivity index (χ3v) is 4.40. The van der Waals surface area contributed by atoms with Gasteiger partial charge in [-0.1, -0.05) is 6.08 Å². The zero-order chi connectivity index (χ0) is 15.0. The van der Waals surface area contributed by atoms with E-state index < -0.39 is 0 Å². The predicted molar refractivity (Wildman–Crippen MR) is 84.1 cm³/mol. The first-order valence-electron chi connectivity index (χ1n) is 7.08. The number of phenolic OH excluding ortho intramolecular Hbond substituents is 1. The van der Waals surface area contributed by atoms with Crippen molar-refractivity contribution in [3.63, 3.8) is 0 Å². The fraction of sp³-hybridized carbons (Fsp3) is 0.400. The second-order valence-electron chi connectivity index (χ2n) is 5.47. The van der Waals surface area contributed by atoms with Gasteiger partial charge in [0.2, 0.25) is 6.20 Å². The van der Waals surface area contributed by atoms with Crippen LogP contribution in [0.1, 0.15) is 19.3 Å². The maximum atomic E-state index is 10.1. The molecule has 1 unspecified atom stereocenters. The number of aryl methyl sites for hydroxylation is 2. The Kier molecular flexibility index (Phi) is 3.68. The molecule has 1 aliphatic carbocycles. The lowest BCUT2D eigenvalue weighted by molar-refractivity contribution is -0.748. The molecule has 3 rings (SSSR count). The van der Waals surface area contributed by atoms with Crippen LogP contribution in [0.25, 0.3) is 10.9 Å². The number of hydrogen-bond acceptors (Lipinski definition) is 3. The zero-order valence-corrected chi connectivity index (χ0v) is 13.0. The average molecular weight is 308 g/mol. The minimum atomic E-state index is 0.225. The Bertz CT molecular complexity index is 707. The van der Waals surface area contributed by atoms with Gasteiger partial charge in [0.15, 0.2) is 7.05 Å². The van der Waals surface area contributed by atoms with E-state index >= 15 is 0 Å². The van der Waals surface area contributed by atoms with Crippen molar-refractivity contribution in [1.82, 2.24) is 10.1 Å². The minimum absolute atomic E-state index is 0.225. The molecule has 0 radical (unpaired) electrons. The van der Waals surface area contributed by atoms with Gasteiger partial charge in [-0.3, -0.25) is 5.43 Å². The summed E-state index contributed by atoms with van der Waals surface area (Å²) in [6, 6.07) is 3.62. The second kappa shape index (κ2) is 5.48. The van der Waals surface area contributed by atoms with E-state index in [2.05, 4.69) is 16.9 Å². The molecule has 5 nitrogen and oxygen atoms in total. The van der Waals surface area contributed by atoms with Gasteiger partial charge in [-0.25, -0.2) is 0 Å². The van der Waals surface area contributed by atoms with E-state index in [4.69, 9.17) is 11.6 Å². The number of aromatic nitrogens is 2. The zero-order valence-electron chi connectivity index (χ0n) is 12.2. The van der Waals surface area contributed by atoms with E-state index in [1.807, 2.05) is 35.7 Å². The van der Waals surface area contributed by atoms with Gasteiger partial charge < -0.3 is 10.5 Å². The van der Waals surface area contributed by atoms with Crippen molar-refractivity contribution >= 4 is 28.2 Å². The number of anilines is 1. The Balaban J connectivity index is 1.88. The molecular formula is C15H20ClN4O+. The topological polar surface area (TPSA) is 53.1 Å². The molecule has 0 spiro atoms. The maximum absolute atomic E-state index is 10.1. The van der Waals surface area contributed by atoms with Crippen LogP contribution in [-0.4, -0.2) is 15.2 Å². The molecule has 0 saturated heterocycles. The molecule has 1 atom stereocenters. The van der Waals surface area contributed by atoms with Crippen LogP contribution < -0.4 is 15.5 Å². The molecule has 0 amide bonds. The molecular weight excluding hydrogens is 288 g/mol. The molecule has 112 valence electrons. The molecule has 1 aliphatic rings. The smallest absolute Gasteiger partial charge is 0.203 e. The summed E-state index contributed by atoms with van der Waals surface area (Å²) in [7, 11) is 3.93. The van der Waals surface area contributed by atoms with Crippen molar-refractivity contribution in [2.45, 2.75) is 24.6 Å². The molecule has 0 bridgehead atoms. The minimum Gasteiger partial charge on any atom is -0.506 e. The lowest BCUT2D eigenvalue weighted by Crippen LogP contribution is -2.36. The van der Waals surface area contributed by atoms with Gasteiger partial charge in [-0.15, -0.1) is 16.3 Å². The third-order valence-electron chi connectivity index (χ3n) is 4.00. The molecule has 21 heavy (non-hydrogen) atoms. The number of halogens is 1. The highest BCUT2D eigenvalue weighted by molar-refractivity contribution is 6.20. The molecule has 3 N–H and O–H groups in total. The number of fused-ring (bicyclic) bond motifs is 1. The molecule has 1 aromatic carbocycles.